The van der Waals surface area contributed by atoms with Crippen LogP contribution >= 0.6 is 0 Å². The summed E-state index contributed by atoms with van der Waals surface area (Å²) in [5.41, 5.74) is 2.91. The molecule has 0 bridgehead atoms. The van der Waals surface area contributed by atoms with E-state index in [1.54, 1.807) is 0 Å². The first-order valence-corrected chi connectivity index (χ1v) is 10.2. The first-order chi connectivity index (χ1) is 12.7. The Morgan fingerprint density at radius 3 is 2.15 bits per heavy atom. The lowest BCUT2D eigenvalue weighted by molar-refractivity contribution is -0.00443. The predicted octanol–water partition coefficient (Wildman–Crippen LogP) is 1.89. The van der Waals surface area contributed by atoms with E-state index in [0.29, 0.717) is 6.42 Å². The summed E-state index contributed by atoms with van der Waals surface area (Å²) < 4.78 is 0. The van der Waals surface area contributed by atoms with Gasteiger partial charge in [-0.1, -0.05) is 64.3 Å². The van der Waals surface area contributed by atoms with Crippen molar-refractivity contribution >= 4 is 0 Å². The van der Waals surface area contributed by atoms with Gasteiger partial charge in [-0.2, -0.15) is 0 Å². The van der Waals surface area contributed by atoms with Gasteiger partial charge in [0, 0.05) is 0 Å². The third-order valence-corrected chi connectivity index (χ3v) is 5.68. The van der Waals surface area contributed by atoms with Crippen molar-refractivity contribution in [1.82, 2.24) is 5.32 Å². The van der Waals surface area contributed by atoms with Crippen molar-refractivity contribution in [2.45, 2.75) is 95.1 Å². The summed E-state index contributed by atoms with van der Waals surface area (Å²) in [6, 6.07) is 7.75. The third-order valence-electron chi connectivity index (χ3n) is 5.68. The number of benzene rings is 1. The molecule has 2 rings (SSSR count). The van der Waals surface area contributed by atoms with E-state index in [1.165, 1.54) is 11.1 Å². The molecular formula is C22H37NO4. The number of aryl methyl sites for hydroxylation is 1. The monoisotopic (exact) mass is 379 g/mol. The van der Waals surface area contributed by atoms with Crippen molar-refractivity contribution in [3.05, 3.63) is 35.4 Å². The highest BCUT2D eigenvalue weighted by Gasteiger charge is 2.43. The van der Waals surface area contributed by atoms with Gasteiger partial charge in [0.2, 0.25) is 0 Å². The van der Waals surface area contributed by atoms with Crippen LogP contribution in [-0.2, 0) is 11.8 Å². The Morgan fingerprint density at radius 2 is 1.59 bits per heavy atom. The van der Waals surface area contributed by atoms with Crippen molar-refractivity contribution < 1.29 is 20.4 Å². The highest BCUT2D eigenvalue weighted by Crippen LogP contribution is 2.23. The van der Waals surface area contributed by atoms with Crippen LogP contribution in [0.2, 0.25) is 0 Å². The number of unbranched alkanes of at least 4 members (excludes halogenated alkanes) is 3. The summed E-state index contributed by atoms with van der Waals surface area (Å²) in [7, 11) is 0. The molecule has 5 heteroatoms. The Balaban J connectivity index is 1.62. The van der Waals surface area contributed by atoms with E-state index in [-0.39, 0.29) is 12.0 Å². The number of hydrogen-bond acceptors (Lipinski definition) is 5. The maximum atomic E-state index is 10.3. The van der Waals surface area contributed by atoms with Crippen LogP contribution in [0.25, 0.3) is 0 Å². The molecule has 0 aliphatic carbocycles. The first kappa shape index (κ1) is 22.3. The molecule has 5 N–H and O–H groups in total. The van der Waals surface area contributed by atoms with Gasteiger partial charge in [-0.15, -0.1) is 0 Å². The lowest BCUT2D eigenvalue weighted by atomic mass is 9.86. The zero-order chi connectivity index (χ0) is 20.0. The highest BCUT2D eigenvalue weighted by molar-refractivity contribution is 5.27. The van der Waals surface area contributed by atoms with Crippen molar-refractivity contribution in [3.63, 3.8) is 0 Å². The quantitative estimate of drug-likeness (QED) is 0.423. The fraction of sp³-hybridized carbons (Fsp3) is 0.727. The SMILES string of the molecule is CC(C)(C)c1ccc(CCCCCC[C@@H](O)[C@@H]2N[C@@H](CO)[C@H](O)[C@H]2O)cc1. The zero-order valence-corrected chi connectivity index (χ0v) is 16.9. The molecule has 0 amide bonds. The summed E-state index contributed by atoms with van der Waals surface area (Å²) in [5, 5.41) is 42.1. The molecule has 0 radical (unpaired) electrons. The van der Waals surface area contributed by atoms with Crippen LogP contribution in [-0.4, -0.2) is 57.4 Å². The molecule has 0 aromatic heterocycles. The van der Waals surface area contributed by atoms with Gasteiger partial charge in [0.15, 0.2) is 0 Å². The van der Waals surface area contributed by atoms with E-state index in [4.69, 9.17) is 5.11 Å². The lowest BCUT2D eigenvalue weighted by Crippen LogP contribution is -2.44. The first-order valence-electron chi connectivity index (χ1n) is 10.2. The highest BCUT2D eigenvalue weighted by atomic mass is 16.3. The molecule has 1 saturated heterocycles. The Bertz CT molecular complexity index is 554. The van der Waals surface area contributed by atoms with Gasteiger partial charge in [0.1, 0.15) is 0 Å². The predicted molar refractivity (Wildman–Crippen MR) is 108 cm³/mol. The standard InChI is InChI=1S/C22H37NO4/c1-22(2,3)16-12-10-15(11-13-16)8-6-4-5-7-9-18(25)19-21(27)20(26)17(14-24)23-19/h10-13,17-21,23-27H,4-9,14H2,1-3H3/t17-,18+,19-,20-,21-/m0/s1. The van der Waals surface area contributed by atoms with E-state index >= 15 is 0 Å². The van der Waals surface area contributed by atoms with Gasteiger partial charge in [0.05, 0.1) is 37.0 Å². The molecule has 0 unspecified atom stereocenters. The largest absolute Gasteiger partial charge is 0.395 e. The summed E-state index contributed by atoms with van der Waals surface area (Å²) in [6.45, 7) is 6.42. The molecule has 1 heterocycles. The van der Waals surface area contributed by atoms with E-state index in [1.807, 2.05) is 0 Å². The number of hydrogen-bond donors (Lipinski definition) is 5. The molecule has 1 aliphatic heterocycles. The van der Waals surface area contributed by atoms with Gasteiger partial charge in [-0.05, 0) is 35.8 Å². The maximum Gasteiger partial charge on any atom is 0.0993 e. The summed E-state index contributed by atoms with van der Waals surface area (Å²) >= 11 is 0. The maximum absolute atomic E-state index is 10.3. The third kappa shape index (κ3) is 6.26. The van der Waals surface area contributed by atoms with E-state index in [9.17, 15) is 15.3 Å². The number of aliphatic hydroxyl groups is 4. The molecule has 27 heavy (non-hydrogen) atoms. The second-order valence-corrected chi connectivity index (χ2v) is 8.93. The van der Waals surface area contributed by atoms with Crippen LogP contribution in [0, 0.1) is 0 Å². The summed E-state index contributed by atoms with van der Waals surface area (Å²) in [6.07, 6.45) is 3.03. The Kier molecular flexibility index (Phi) is 8.25. The molecule has 0 spiro atoms. The van der Waals surface area contributed by atoms with Crippen LogP contribution in [0.5, 0.6) is 0 Å². The second kappa shape index (κ2) is 9.99. The molecule has 1 aliphatic rings. The van der Waals surface area contributed by atoms with Crippen molar-refractivity contribution in [1.29, 1.82) is 0 Å². The molecule has 0 saturated carbocycles. The van der Waals surface area contributed by atoms with E-state index < -0.39 is 30.4 Å². The van der Waals surface area contributed by atoms with Gasteiger partial charge in [-0.3, -0.25) is 0 Å². The number of aliphatic hydroxyl groups excluding tert-OH is 4. The second-order valence-electron chi connectivity index (χ2n) is 8.93. The van der Waals surface area contributed by atoms with Crippen molar-refractivity contribution in [3.8, 4) is 0 Å². The van der Waals surface area contributed by atoms with Gasteiger partial charge >= 0.3 is 0 Å². The summed E-state index contributed by atoms with van der Waals surface area (Å²) in [4.78, 5) is 0. The minimum atomic E-state index is -1.03. The van der Waals surface area contributed by atoms with Crippen LogP contribution in [0.1, 0.15) is 64.0 Å². The summed E-state index contributed by atoms with van der Waals surface area (Å²) in [5.74, 6) is 0. The topological polar surface area (TPSA) is 93.0 Å². The average Bonchev–Trinajstić information content (AvgIpc) is 2.92. The van der Waals surface area contributed by atoms with Crippen LogP contribution < -0.4 is 5.32 Å². The average molecular weight is 380 g/mol. The zero-order valence-electron chi connectivity index (χ0n) is 16.9. The molecular weight excluding hydrogens is 342 g/mol. The minimum absolute atomic E-state index is 0.189. The minimum Gasteiger partial charge on any atom is -0.395 e. The molecule has 1 aromatic carbocycles. The lowest BCUT2D eigenvalue weighted by Gasteiger charge is -2.22. The van der Waals surface area contributed by atoms with Crippen molar-refractivity contribution in [2.75, 3.05) is 6.61 Å². The number of rotatable bonds is 9. The molecule has 1 fully saturated rings. The molecule has 1 aromatic rings. The van der Waals surface area contributed by atoms with Gasteiger partial charge in [-0.25, -0.2) is 0 Å². The normalized spacial score (nSPS) is 27.1. The van der Waals surface area contributed by atoms with Gasteiger partial charge in [0.25, 0.3) is 0 Å². The number of nitrogens with one attached hydrogen (secondary N) is 1. The molecule has 5 atom stereocenters. The molecule has 5 nitrogen and oxygen atoms in total. The van der Waals surface area contributed by atoms with E-state index in [2.05, 4.69) is 50.4 Å². The Morgan fingerprint density at radius 1 is 0.963 bits per heavy atom. The molecule has 154 valence electrons. The Hall–Kier alpha value is -0.980. The Labute approximate surface area is 163 Å². The van der Waals surface area contributed by atoms with E-state index in [0.717, 1.165) is 32.1 Å². The van der Waals surface area contributed by atoms with Gasteiger partial charge < -0.3 is 25.7 Å². The van der Waals surface area contributed by atoms with Crippen LogP contribution in [0.4, 0.5) is 0 Å². The van der Waals surface area contributed by atoms with Crippen LogP contribution in [0.15, 0.2) is 24.3 Å². The fourth-order valence-corrected chi connectivity index (χ4v) is 3.78. The fourth-order valence-electron chi connectivity index (χ4n) is 3.78. The van der Waals surface area contributed by atoms with Crippen molar-refractivity contribution in [2.24, 2.45) is 0 Å². The smallest absolute Gasteiger partial charge is 0.0993 e. The van der Waals surface area contributed by atoms with Crippen LogP contribution in [0.3, 0.4) is 0 Å².